The van der Waals surface area contributed by atoms with Gasteiger partial charge in [-0.05, 0) is 49.8 Å². The summed E-state index contributed by atoms with van der Waals surface area (Å²) in [6.45, 7) is 3.35. The second kappa shape index (κ2) is 16.4. The van der Waals surface area contributed by atoms with Gasteiger partial charge in [0.1, 0.15) is 0 Å². The van der Waals surface area contributed by atoms with Crippen molar-refractivity contribution >= 4 is 29.4 Å². The number of rotatable bonds is 5. The first-order valence-electron chi connectivity index (χ1n) is 11.1. The zero-order valence-electron chi connectivity index (χ0n) is 19.0. The normalized spacial score (nSPS) is 15.8. The first kappa shape index (κ1) is 27.8. The summed E-state index contributed by atoms with van der Waals surface area (Å²) >= 11 is 5.82. The molecule has 2 saturated heterocycles. The van der Waals surface area contributed by atoms with Gasteiger partial charge in [-0.2, -0.15) is 5.26 Å². The molecule has 1 aromatic rings. The zero-order chi connectivity index (χ0) is 24.5. The fraction of sp³-hybridized carbons (Fsp3) is 0.500. The van der Waals surface area contributed by atoms with Gasteiger partial charge in [0.2, 0.25) is 17.8 Å². The molecule has 0 bridgehead atoms. The molecular weight excluding hydrogens is 440 g/mol. The van der Waals surface area contributed by atoms with Gasteiger partial charge in [0.15, 0.2) is 6.19 Å². The topological polar surface area (TPSA) is 115 Å². The molecule has 0 aliphatic carbocycles. The number of aliphatic imine (C=N–C) groups is 1. The highest BCUT2D eigenvalue weighted by atomic mass is 35.5. The first-order chi connectivity index (χ1) is 16.0. The average molecular weight is 473 g/mol. The minimum absolute atomic E-state index is 0.132. The van der Waals surface area contributed by atoms with Crippen LogP contribution in [0.15, 0.2) is 29.3 Å². The Bertz CT molecular complexity index is 843. The largest absolute Gasteiger partial charge is 0.369 e. The molecule has 0 aromatic heterocycles. The minimum Gasteiger partial charge on any atom is -0.369 e. The highest BCUT2D eigenvalue weighted by Gasteiger charge is 2.23. The Labute approximate surface area is 201 Å². The molecule has 1 aromatic carbocycles. The number of nitrogens with one attached hydrogen (secondary N) is 1. The number of carbonyl (C=O) groups excluding carboxylic acids is 2. The molecule has 0 saturated carbocycles. The maximum absolute atomic E-state index is 11.9. The number of carbonyl (C=O) groups is 2. The van der Waals surface area contributed by atoms with Crippen molar-refractivity contribution in [3.63, 3.8) is 0 Å². The Hall–Kier alpha value is -3.23. The van der Waals surface area contributed by atoms with Crippen LogP contribution in [0.4, 0.5) is 0 Å². The summed E-state index contributed by atoms with van der Waals surface area (Å²) in [5, 5.41) is 11.2. The molecule has 3 N–H and O–H groups in total. The monoisotopic (exact) mass is 472 g/mol. The molecule has 2 amide bonds. The van der Waals surface area contributed by atoms with Crippen molar-refractivity contribution in [2.75, 3.05) is 32.7 Å². The first-order valence-corrected chi connectivity index (χ1v) is 11.5. The van der Waals surface area contributed by atoms with Crippen molar-refractivity contribution in [1.82, 2.24) is 15.1 Å². The van der Waals surface area contributed by atoms with Crippen LogP contribution in [0.25, 0.3) is 0 Å². The van der Waals surface area contributed by atoms with Crippen molar-refractivity contribution in [2.24, 2.45) is 10.7 Å². The molecule has 0 atom stereocenters. The van der Waals surface area contributed by atoms with E-state index in [0.717, 1.165) is 63.7 Å². The molecule has 33 heavy (non-hydrogen) atoms. The van der Waals surface area contributed by atoms with Gasteiger partial charge >= 0.3 is 0 Å². The van der Waals surface area contributed by atoms with E-state index < -0.39 is 0 Å². The number of nitrogens with two attached hydrogens (primary N) is 1. The molecule has 9 heteroatoms. The number of hydrogen-bond acceptors (Lipinski definition) is 4. The number of nitriles is 1. The summed E-state index contributed by atoms with van der Waals surface area (Å²) in [6.07, 6.45) is 16.4. The smallest absolute Gasteiger partial charge is 0.242 e. The highest BCUT2D eigenvalue weighted by Crippen LogP contribution is 2.13. The van der Waals surface area contributed by atoms with Crippen LogP contribution in [0.5, 0.6) is 0 Å². The van der Waals surface area contributed by atoms with Crippen LogP contribution in [-0.2, 0) is 16.0 Å². The van der Waals surface area contributed by atoms with E-state index in [9.17, 15) is 9.59 Å². The molecule has 0 radical (unpaired) electrons. The molecule has 0 unspecified atom stereocenters. The Morgan fingerprint density at radius 3 is 2.55 bits per heavy atom. The highest BCUT2D eigenvalue weighted by molar-refractivity contribution is 6.30. The second-order valence-corrected chi connectivity index (χ2v) is 8.03. The van der Waals surface area contributed by atoms with E-state index in [4.69, 9.17) is 22.6 Å². The van der Waals surface area contributed by atoms with Gasteiger partial charge in [0, 0.05) is 37.6 Å². The lowest BCUT2D eigenvalue weighted by Crippen LogP contribution is -2.41. The Balaban J connectivity index is 0.000000308. The summed E-state index contributed by atoms with van der Waals surface area (Å²) in [5.74, 6) is 0.428. The van der Waals surface area contributed by atoms with Crippen LogP contribution in [0.2, 0.25) is 5.02 Å². The number of nitrogens with zero attached hydrogens (tertiary/aromatic N) is 4. The molecular formula is C24H33ClN6O2. The lowest BCUT2D eigenvalue weighted by molar-refractivity contribution is -0.139. The van der Waals surface area contributed by atoms with Gasteiger partial charge in [-0.25, -0.2) is 0 Å². The maximum Gasteiger partial charge on any atom is 0.242 e. The van der Waals surface area contributed by atoms with E-state index in [1.165, 1.54) is 0 Å². The number of guanidine groups is 1. The summed E-state index contributed by atoms with van der Waals surface area (Å²) in [4.78, 5) is 31.2. The molecule has 0 spiro atoms. The van der Waals surface area contributed by atoms with E-state index in [1.807, 2.05) is 29.2 Å². The average Bonchev–Trinajstić information content (AvgIpc) is 3.28. The minimum atomic E-state index is 0.132. The number of amides is 2. The van der Waals surface area contributed by atoms with Crippen molar-refractivity contribution < 1.29 is 9.59 Å². The molecule has 8 nitrogen and oxygen atoms in total. The zero-order valence-corrected chi connectivity index (χ0v) is 19.8. The fourth-order valence-corrected chi connectivity index (χ4v) is 3.74. The fourth-order valence-electron chi connectivity index (χ4n) is 3.53. The van der Waals surface area contributed by atoms with Crippen molar-refractivity contribution in [3.8, 4) is 19.0 Å². The number of hydrogen-bond donors (Lipinski definition) is 2. The number of benzene rings is 1. The van der Waals surface area contributed by atoms with Crippen molar-refractivity contribution in [1.29, 1.82) is 5.26 Å². The van der Waals surface area contributed by atoms with E-state index in [0.29, 0.717) is 24.5 Å². The SMILES string of the molecule is C#C.N#CNC(N)=NCCc1cccc(Cl)c1.O=C(CN1CCCCCC1=O)N1CCCC1. The second-order valence-electron chi connectivity index (χ2n) is 7.60. The van der Waals surface area contributed by atoms with Gasteiger partial charge in [-0.1, -0.05) is 30.2 Å². The Kier molecular flexibility index (Phi) is 13.8. The standard InChI is InChI=1S/C12H20N2O2.C10H11ClN4.C2H2/c15-11-6-2-1-3-9-14(11)10-12(16)13-7-4-5-8-13;11-9-3-1-2-8(6-9)4-5-14-10(13)15-7-12;1-2/h1-10H2;1-3,6H,4-5H2,(H3,13,14,15);1-2H. The van der Waals surface area contributed by atoms with E-state index in [2.05, 4.69) is 23.2 Å². The predicted molar refractivity (Wildman–Crippen MR) is 131 cm³/mol. The number of halogens is 1. The van der Waals surface area contributed by atoms with E-state index >= 15 is 0 Å². The summed E-state index contributed by atoms with van der Waals surface area (Å²) in [7, 11) is 0. The summed E-state index contributed by atoms with van der Waals surface area (Å²) in [6, 6.07) is 7.55. The third kappa shape index (κ3) is 11.3. The van der Waals surface area contributed by atoms with E-state index in [-0.39, 0.29) is 17.8 Å². The molecule has 2 aliphatic heterocycles. The molecule has 3 rings (SSSR count). The number of terminal acetylenes is 1. The van der Waals surface area contributed by atoms with Crippen LogP contribution in [0.3, 0.4) is 0 Å². The van der Waals surface area contributed by atoms with Gasteiger partial charge < -0.3 is 15.5 Å². The Morgan fingerprint density at radius 1 is 1.18 bits per heavy atom. The van der Waals surface area contributed by atoms with Crippen LogP contribution < -0.4 is 11.1 Å². The lowest BCUT2D eigenvalue weighted by Gasteiger charge is -2.23. The predicted octanol–water partition coefficient (Wildman–Crippen LogP) is 2.53. The summed E-state index contributed by atoms with van der Waals surface area (Å²) in [5.41, 5.74) is 6.46. The molecule has 2 heterocycles. The van der Waals surface area contributed by atoms with E-state index in [1.54, 1.807) is 11.1 Å². The van der Waals surface area contributed by atoms with Crippen LogP contribution in [0.1, 0.15) is 44.1 Å². The third-order valence-electron chi connectivity index (χ3n) is 5.21. The third-order valence-corrected chi connectivity index (χ3v) is 5.45. The van der Waals surface area contributed by atoms with Crippen LogP contribution >= 0.6 is 11.6 Å². The number of likely N-dealkylation sites (tertiary alicyclic amines) is 2. The quantitative estimate of drug-likeness (QED) is 0.224. The molecule has 2 fully saturated rings. The van der Waals surface area contributed by atoms with Gasteiger partial charge in [0.05, 0.1) is 6.54 Å². The van der Waals surface area contributed by atoms with Crippen LogP contribution in [0, 0.1) is 24.3 Å². The molecule has 178 valence electrons. The van der Waals surface area contributed by atoms with Crippen molar-refractivity contribution in [2.45, 2.75) is 44.9 Å². The lowest BCUT2D eigenvalue weighted by atomic mass is 10.1. The summed E-state index contributed by atoms with van der Waals surface area (Å²) < 4.78 is 0. The maximum atomic E-state index is 11.9. The van der Waals surface area contributed by atoms with Gasteiger partial charge in [-0.3, -0.25) is 19.9 Å². The Morgan fingerprint density at radius 2 is 1.88 bits per heavy atom. The van der Waals surface area contributed by atoms with Gasteiger partial charge in [-0.15, -0.1) is 12.8 Å². The van der Waals surface area contributed by atoms with Gasteiger partial charge in [0.25, 0.3) is 0 Å². The van der Waals surface area contributed by atoms with Crippen LogP contribution in [-0.4, -0.2) is 60.3 Å². The molecule has 2 aliphatic rings. The van der Waals surface area contributed by atoms with Crippen molar-refractivity contribution in [3.05, 3.63) is 34.9 Å².